The van der Waals surface area contributed by atoms with E-state index in [9.17, 15) is 18.7 Å². The molecule has 2 unspecified atom stereocenters. The van der Waals surface area contributed by atoms with Crippen LogP contribution in [0.2, 0.25) is 5.02 Å². The number of alkyl halides is 2. The molecule has 0 aliphatic rings. The number of hydrogen-bond donors (Lipinski definition) is 3. The third-order valence-corrected chi connectivity index (χ3v) is 3.06. The Kier molecular flexibility index (Phi) is 7.34. The maximum absolute atomic E-state index is 12.1. The number of aliphatic hydroxyl groups excluding tert-OH is 1. The fraction of sp³-hybridized carbons (Fsp3) is 0.500. The molecule has 0 saturated carbocycles. The number of rotatable bonds is 7. The molecule has 0 radical (unpaired) electrons. The van der Waals surface area contributed by atoms with Crippen molar-refractivity contribution in [2.45, 2.75) is 33.0 Å². The number of aliphatic hydroxyl groups is 1. The monoisotopic (exact) mass is 336 g/mol. The summed E-state index contributed by atoms with van der Waals surface area (Å²) in [6, 6.07) is 3.52. The van der Waals surface area contributed by atoms with E-state index in [-0.39, 0.29) is 16.7 Å². The van der Waals surface area contributed by atoms with E-state index in [0.29, 0.717) is 18.7 Å². The molecule has 124 valence electrons. The third kappa shape index (κ3) is 6.91. The standard InChI is InChI=1S/C14H19ClF2N2O3/c1-8(5-9(2)20)7-18-14(21)19-10-3-4-12(11(15)6-10)22-13(16)17/h3-4,6,8-9,13,20H,5,7H2,1-2H3,(H2,18,19,21). The Balaban J connectivity index is 2.49. The van der Waals surface area contributed by atoms with E-state index in [4.69, 9.17) is 11.6 Å². The highest BCUT2D eigenvalue weighted by Gasteiger charge is 2.11. The van der Waals surface area contributed by atoms with Crippen LogP contribution in [0.25, 0.3) is 0 Å². The van der Waals surface area contributed by atoms with Crippen molar-refractivity contribution in [3.05, 3.63) is 23.2 Å². The van der Waals surface area contributed by atoms with Gasteiger partial charge >= 0.3 is 12.6 Å². The van der Waals surface area contributed by atoms with Gasteiger partial charge in [0, 0.05) is 12.2 Å². The first-order valence-corrected chi connectivity index (χ1v) is 7.13. The molecule has 0 bridgehead atoms. The number of carbonyl (C=O) groups excluding carboxylic acids is 1. The summed E-state index contributed by atoms with van der Waals surface area (Å²) in [6.07, 6.45) is 0.146. The van der Waals surface area contributed by atoms with E-state index < -0.39 is 18.7 Å². The maximum atomic E-state index is 12.1. The van der Waals surface area contributed by atoms with Gasteiger partial charge in [-0.25, -0.2) is 4.79 Å². The Morgan fingerprint density at radius 2 is 2.09 bits per heavy atom. The zero-order valence-electron chi connectivity index (χ0n) is 12.3. The zero-order chi connectivity index (χ0) is 16.7. The maximum Gasteiger partial charge on any atom is 0.387 e. The molecule has 0 spiro atoms. The minimum absolute atomic E-state index is 0.0272. The zero-order valence-corrected chi connectivity index (χ0v) is 13.0. The highest BCUT2D eigenvalue weighted by atomic mass is 35.5. The lowest BCUT2D eigenvalue weighted by Crippen LogP contribution is -2.33. The number of hydrogen-bond acceptors (Lipinski definition) is 3. The summed E-state index contributed by atoms with van der Waals surface area (Å²) >= 11 is 5.78. The van der Waals surface area contributed by atoms with Gasteiger partial charge in [0.05, 0.1) is 11.1 Å². The fourth-order valence-corrected chi connectivity index (χ4v) is 2.10. The first-order chi connectivity index (χ1) is 10.3. The van der Waals surface area contributed by atoms with Gasteiger partial charge in [0.25, 0.3) is 0 Å². The van der Waals surface area contributed by atoms with Crippen molar-refractivity contribution in [2.24, 2.45) is 5.92 Å². The van der Waals surface area contributed by atoms with Crippen LogP contribution < -0.4 is 15.4 Å². The highest BCUT2D eigenvalue weighted by Crippen LogP contribution is 2.28. The Bertz CT molecular complexity index is 501. The van der Waals surface area contributed by atoms with Crippen molar-refractivity contribution in [2.75, 3.05) is 11.9 Å². The van der Waals surface area contributed by atoms with Gasteiger partial charge in [0.2, 0.25) is 0 Å². The number of halogens is 3. The molecule has 5 nitrogen and oxygen atoms in total. The molecule has 0 aromatic heterocycles. The number of urea groups is 1. The molecule has 3 N–H and O–H groups in total. The van der Waals surface area contributed by atoms with Crippen molar-refractivity contribution < 1.29 is 23.4 Å². The van der Waals surface area contributed by atoms with E-state index >= 15 is 0 Å². The van der Waals surface area contributed by atoms with Gasteiger partial charge in [-0.3, -0.25) is 0 Å². The normalized spacial score (nSPS) is 13.6. The van der Waals surface area contributed by atoms with Crippen LogP contribution in [0.15, 0.2) is 18.2 Å². The van der Waals surface area contributed by atoms with Crippen LogP contribution in [0.5, 0.6) is 5.75 Å². The fourth-order valence-electron chi connectivity index (χ4n) is 1.88. The SMILES string of the molecule is CC(O)CC(C)CNC(=O)Nc1ccc(OC(F)F)c(Cl)c1. The number of nitrogens with one attached hydrogen (secondary N) is 2. The van der Waals surface area contributed by atoms with Crippen LogP contribution in [-0.4, -0.2) is 30.4 Å². The second kappa shape index (κ2) is 8.75. The van der Waals surface area contributed by atoms with Crippen molar-refractivity contribution in [3.8, 4) is 5.75 Å². The Labute approximate surface area is 132 Å². The quantitative estimate of drug-likeness (QED) is 0.714. The predicted molar refractivity (Wildman–Crippen MR) is 80.6 cm³/mol. The number of anilines is 1. The largest absolute Gasteiger partial charge is 0.433 e. The summed E-state index contributed by atoms with van der Waals surface area (Å²) in [7, 11) is 0. The van der Waals surface area contributed by atoms with Gasteiger partial charge in [-0.05, 0) is 37.5 Å². The molecule has 0 aliphatic heterocycles. The molecule has 1 aromatic rings. The van der Waals surface area contributed by atoms with Crippen LogP contribution in [0.4, 0.5) is 19.3 Å². The van der Waals surface area contributed by atoms with Crippen LogP contribution in [0, 0.1) is 5.92 Å². The van der Waals surface area contributed by atoms with Gasteiger partial charge in [-0.2, -0.15) is 8.78 Å². The Morgan fingerprint density at radius 1 is 1.41 bits per heavy atom. The molecule has 2 atom stereocenters. The number of carbonyl (C=O) groups is 1. The molecule has 1 aromatic carbocycles. The van der Waals surface area contributed by atoms with Crippen molar-refractivity contribution in [3.63, 3.8) is 0 Å². The van der Waals surface area contributed by atoms with Gasteiger partial charge in [0.1, 0.15) is 5.75 Å². The van der Waals surface area contributed by atoms with E-state index in [2.05, 4.69) is 15.4 Å². The third-order valence-electron chi connectivity index (χ3n) is 2.76. The topological polar surface area (TPSA) is 70.6 Å². The predicted octanol–water partition coefficient (Wildman–Crippen LogP) is 3.47. The molecular weight excluding hydrogens is 318 g/mol. The lowest BCUT2D eigenvalue weighted by Gasteiger charge is -2.15. The molecule has 0 heterocycles. The van der Waals surface area contributed by atoms with Gasteiger partial charge in [-0.1, -0.05) is 18.5 Å². The molecule has 2 amide bonds. The van der Waals surface area contributed by atoms with E-state index in [0.717, 1.165) is 0 Å². The van der Waals surface area contributed by atoms with E-state index in [1.807, 2.05) is 6.92 Å². The molecule has 1 rings (SSSR count). The number of benzene rings is 1. The van der Waals surface area contributed by atoms with E-state index in [1.165, 1.54) is 18.2 Å². The molecule has 0 saturated heterocycles. The van der Waals surface area contributed by atoms with Gasteiger partial charge < -0.3 is 20.5 Å². The van der Waals surface area contributed by atoms with Gasteiger partial charge in [0.15, 0.2) is 0 Å². The smallest absolute Gasteiger partial charge is 0.387 e. The molecule has 22 heavy (non-hydrogen) atoms. The van der Waals surface area contributed by atoms with E-state index in [1.54, 1.807) is 6.92 Å². The first kappa shape index (κ1) is 18.4. The Hall–Kier alpha value is -1.60. The van der Waals surface area contributed by atoms with Crippen LogP contribution in [0.3, 0.4) is 0 Å². The second-order valence-electron chi connectivity index (χ2n) is 5.05. The summed E-state index contributed by atoms with van der Waals surface area (Å²) < 4.78 is 28.4. The summed E-state index contributed by atoms with van der Waals surface area (Å²) in [4.78, 5) is 11.7. The van der Waals surface area contributed by atoms with Crippen molar-refractivity contribution >= 4 is 23.3 Å². The number of ether oxygens (including phenoxy) is 1. The molecular formula is C14H19ClF2N2O3. The van der Waals surface area contributed by atoms with Crippen LogP contribution in [-0.2, 0) is 0 Å². The molecule has 0 aliphatic carbocycles. The lowest BCUT2D eigenvalue weighted by atomic mass is 10.1. The van der Waals surface area contributed by atoms with Crippen LogP contribution >= 0.6 is 11.6 Å². The van der Waals surface area contributed by atoms with Crippen LogP contribution in [0.1, 0.15) is 20.3 Å². The minimum Gasteiger partial charge on any atom is -0.433 e. The Morgan fingerprint density at radius 3 is 2.64 bits per heavy atom. The minimum atomic E-state index is -2.96. The molecule has 8 heteroatoms. The van der Waals surface area contributed by atoms with Crippen molar-refractivity contribution in [1.29, 1.82) is 0 Å². The summed E-state index contributed by atoms with van der Waals surface area (Å²) in [6.45, 7) is 1.02. The van der Waals surface area contributed by atoms with Gasteiger partial charge in [-0.15, -0.1) is 0 Å². The second-order valence-corrected chi connectivity index (χ2v) is 5.46. The first-order valence-electron chi connectivity index (χ1n) is 6.75. The molecule has 0 fully saturated rings. The highest BCUT2D eigenvalue weighted by molar-refractivity contribution is 6.32. The average molecular weight is 337 g/mol. The summed E-state index contributed by atoms with van der Waals surface area (Å²) in [5.41, 5.74) is 0.354. The number of amides is 2. The average Bonchev–Trinajstić information content (AvgIpc) is 2.38. The summed E-state index contributed by atoms with van der Waals surface area (Å²) in [5, 5.41) is 14.4. The lowest BCUT2D eigenvalue weighted by molar-refractivity contribution is -0.0497. The summed E-state index contributed by atoms with van der Waals surface area (Å²) in [5.74, 6) is -0.0377. The van der Waals surface area contributed by atoms with Crippen molar-refractivity contribution in [1.82, 2.24) is 5.32 Å².